The molecular weight excluding hydrogens is 436 g/mol. The molecule has 0 radical (unpaired) electrons. The van der Waals surface area contributed by atoms with Gasteiger partial charge in [0.05, 0.1) is 12.8 Å². The third-order valence-electron chi connectivity index (χ3n) is 4.98. The number of benzene rings is 3. The van der Waals surface area contributed by atoms with Crippen molar-refractivity contribution in [3.05, 3.63) is 101 Å². The van der Waals surface area contributed by atoms with E-state index in [1.807, 2.05) is 90.3 Å². The van der Waals surface area contributed by atoms with Crippen LogP contribution in [0.4, 0.5) is 5.13 Å². The van der Waals surface area contributed by atoms with Gasteiger partial charge in [-0.3, -0.25) is 14.9 Å². The van der Waals surface area contributed by atoms with Gasteiger partial charge in [-0.1, -0.05) is 60.7 Å². The van der Waals surface area contributed by atoms with E-state index in [4.69, 9.17) is 9.47 Å². The molecule has 0 aliphatic carbocycles. The Morgan fingerprint density at radius 3 is 2.09 bits per heavy atom. The molecule has 0 aliphatic rings. The predicted octanol–water partition coefficient (Wildman–Crippen LogP) is 5.13. The van der Waals surface area contributed by atoms with Gasteiger partial charge in [0, 0.05) is 10.9 Å². The van der Waals surface area contributed by atoms with Crippen LogP contribution in [0.1, 0.15) is 17.0 Å². The molecular formula is C26H22N2O4S. The van der Waals surface area contributed by atoms with Gasteiger partial charge in [0.15, 0.2) is 11.7 Å². The van der Waals surface area contributed by atoms with Gasteiger partial charge in [-0.15, -0.1) is 11.3 Å². The molecule has 4 aromatic rings. The van der Waals surface area contributed by atoms with Crippen LogP contribution in [-0.2, 0) is 14.3 Å². The number of aromatic nitrogens is 1. The van der Waals surface area contributed by atoms with Gasteiger partial charge in [-0.2, -0.15) is 0 Å². The maximum Gasteiger partial charge on any atom is 0.318 e. The molecule has 0 unspecified atom stereocenters. The van der Waals surface area contributed by atoms with Gasteiger partial charge in [-0.25, -0.2) is 4.98 Å². The molecule has 0 bridgehead atoms. The molecule has 3 aromatic carbocycles. The Balaban J connectivity index is 1.38. The van der Waals surface area contributed by atoms with E-state index < -0.39 is 24.4 Å². The molecule has 0 aliphatic heterocycles. The van der Waals surface area contributed by atoms with Crippen LogP contribution in [0.3, 0.4) is 0 Å². The monoisotopic (exact) mass is 458 g/mol. The average Bonchev–Trinajstić information content (AvgIpc) is 3.33. The minimum absolute atomic E-state index is 0.396. The zero-order valence-corrected chi connectivity index (χ0v) is 18.7. The number of anilines is 1. The van der Waals surface area contributed by atoms with Crippen molar-refractivity contribution in [3.63, 3.8) is 0 Å². The van der Waals surface area contributed by atoms with Gasteiger partial charge < -0.3 is 9.47 Å². The van der Waals surface area contributed by atoms with Crippen LogP contribution in [0.2, 0.25) is 0 Å². The number of amides is 1. The zero-order valence-electron chi connectivity index (χ0n) is 17.9. The van der Waals surface area contributed by atoms with Crippen LogP contribution >= 0.6 is 11.3 Å². The summed E-state index contributed by atoms with van der Waals surface area (Å²) in [5, 5.41) is 4.98. The Hall–Kier alpha value is -3.97. The molecule has 0 saturated carbocycles. The molecule has 166 valence electrons. The standard InChI is InChI=1S/C26H22N2O4S/c1-31-21-14-12-18(13-15-21)22-17-33-26(27-22)28-23(29)16-32-25(30)24(19-8-4-2-5-9-19)20-10-6-3-7-11-20/h2-15,17,24H,16H2,1H3,(H,27,28,29). The largest absolute Gasteiger partial charge is 0.497 e. The summed E-state index contributed by atoms with van der Waals surface area (Å²) in [5.74, 6) is -0.783. The minimum atomic E-state index is -0.610. The molecule has 1 N–H and O–H groups in total. The predicted molar refractivity (Wildman–Crippen MR) is 128 cm³/mol. The number of ether oxygens (including phenoxy) is 2. The highest BCUT2D eigenvalue weighted by Crippen LogP contribution is 2.27. The van der Waals surface area contributed by atoms with Gasteiger partial charge >= 0.3 is 5.97 Å². The first-order chi connectivity index (χ1) is 16.1. The molecule has 0 spiro atoms. The van der Waals surface area contributed by atoms with Crippen molar-refractivity contribution < 1.29 is 19.1 Å². The average molecular weight is 459 g/mol. The normalized spacial score (nSPS) is 10.6. The summed E-state index contributed by atoms with van der Waals surface area (Å²) in [6.45, 7) is -0.396. The first-order valence-electron chi connectivity index (χ1n) is 10.3. The fourth-order valence-corrected chi connectivity index (χ4v) is 4.09. The molecule has 1 amide bonds. The Morgan fingerprint density at radius 1 is 0.909 bits per heavy atom. The number of carbonyl (C=O) groups excluding carboxylic acids is 2. The van der Waals surface area contributed by atoms with Crippen molar-refractivity contribution in [3.8, 4) is 17.0 Å². The first-order valence-corrected chi connectivity index (χ1v) is 11.2. The molecule has 0 fully saturated rings. The Bertz CT molecular complexity index is 1170. The second-order valence-electron chi connectivity index (χ2n) is 7.18. The summed E-state index contributed by atoms with van der Waals surface area (Å²) >= 11 is 1.30. The third-order valence-corrected chi connectivity index (χ3v) is 5.74. The van der Waals surface area contributed by atoms with Crippen LogP contribution in [0.5, 0.6) is 5.75 Å². The fraction of sp³-hybridized carbons (Fsp3) is 0.115. The van der Waals surface area contributed by atoms with Gasteiger partial charge in [0.25, 0.3) is 5.91 Å². The fourth-order valence-electron chi connectivity index (χ4n) is 3.36. The highest BCUT2D eigenvalue weighted by atomic mass is 32.1. The topological polar surface area (TPSA) is 77.5 Å². The van der Waals surface area contributed by atoms with E-state index in [0.29, 0.717) is 5.13 Å². The SMILES string of the molecule is COc1ccc(-c2csc(NC(=O)COC(=O)C(c3ccccc3)c3ccccc3)n2)cc1. The number of methoxy groups -OCH3 is 1. The number of hydrogen-bond acceptors (Lipinski definition) is 6. The van der Waals surface area contributed by atoms with Gasteiger partial charge in [0.2, 0.25) is 0 Å². The quantitative estimate of drug-likeness (QED) is 0.370. The highest BCUT2D eigenvalue weighted by molar-refractivity contribution is 7.14. The van der Waals surface area contributed by atoms with E-state index in [1.54, 1.807) is 7.11 Å². The Kier molecular flexibility index (Phi) is 7.12. The number of hydrogen-bond donors (Lipinski definition) is 1. The molecule has 0 saturated heterocycles. The lowest BCUT2D eigenvalue weighted by Gasteiger charge is -2.16. The van der Waals surface area contributed by atoms with Gasteiger partial charge in [-0.05, 0) is 35.4 Å². The minimum Gasteiger partial charge on any atom is -0.497 e. The van der Waals surface area contributed by atoms with E-state index in [9.17, 15) is 9.59 Å². The lowest BCUT2D eigenvalue weighted by Crippen LogP contribution is -2.24. The summed E-state index contributed by atoms with van der Waals surface area (Å²) in [6.07, 6.45) is 0. The number of rotatable bonds is 8. The molecule has 1 aromatic heterocycles. The van der Waals surface area contributed by atoms with E-state index in [2.05, 4.69) is 10.3 Å². The molecule has 0 atom stereocenters. The Morgan fingerprint density at radius 2 is 1.52 bits per heavy atom. The molecule has 1 heterocycles. The van der Waals surface area contributed by atoms with Crippen LogP contribution in [-0.4, -0.2) is 30.6 Å². The third kappa shape index (κ3) is 5.64. The maximum absolute atomic E-state index is 12.9. The van der Waals surface area contributed by atoms with E-state index in [0.717, 1.165) is 28.1 Å². The summed E-state index contributed by atoms with van der Waals surface area (Å²) < 4.78 is 10.5. The van der Waals surface area contributed by atoms with E-state index >= 15 is 0 Å². The lowest BCUT2D eigenvalue weighted by atomic mass is 9.91. The lowest BCUT2D eigenvalue weighted by molar-refractivity contribution is -0.147. The molecule has 7 heteroatoms. The van der Waals surface area contributed by atoms with Crippen molar-refractivity contribution in [1.29, 1.82) is 0 Å². The van der Waals surface area contributed by atoms with Crippen LogP contribution in [0.15, 0.2) is 90.3 Å². The van der Waals surface area contributed by atoms with Crippen molar-refractivity contribution in [1.82, 2.24) is 4.98 Å². The van der Waals surface area contributed by atoms with Crippen molar-refractivity contribution in [2.24, 2.45) is 0 Å². The van der Waals surface area contributed by atoms with E-state index in [-0.39, 0.29) is 0 Å². The van der Waals surface area contributed by atoms with Crippen molar-refractivity contribution in [2.75, 3.05) is 19.0 Å². The summed E-state index contributed by atoms with van der Waals surface area (Å²) in [4.78, 5) is 29.8. The second-order valence-corrected chi connectivity index (χ2v) is 8.03. The Labute approximate surface area is 195 Å². The summed E-state index contributed by atoms with van der Waals surface area (Å²) in [7, 11) is 1.61. The number of thiazole rings is 1. The first kappa shape index (κ1) is 22.2. The number of nitrogens with zero attached hydrogens (tertiary/aromatic N) is 1. The number of esters is 1. The van der Waals surface area contributed by atoms with Crippen LogP contribution < -0.4 is 10.1 Å². The van der Waals surface area contributed by atoms with Gasteiger partial charge in [0.1, 0.15) is 11.7 Å². The molecule has 6 nitrogen and oxygen atoms in total. The summed E-state index contributed by atoms with van der Waals surface area (Å²) in [6, 6.07) is 26.2. The molecule has 4 rings (SSSR count). The maximum atomic E-state index is 12.9. The number of carbonyl (C=O) groups is 2. The summed E-state index contributed by atoms with van der Waals surface area (Å²) in [5.41, 5.74) is 3.26. The smallest absolute Gasteiger partial charge is 0.318 e. The van der Waals surface area contributed by atoms with E-state index in [1.165, 1.54) is 11.3 Å². The second kappa shape index (κ2) is 10.6. The van der Waals surface area contributed by atoms with Crippen LogP contribution in [0, 0.1) is 0 Å². The zero-order chi connectivity index (χ0) is 23.0. The van der Waals surface area contributed by atoms with Crippen molar-refractivity contribution in [2.45, 2.75) is 5.92 Å². The molecule has 33 heavy (non-hydrogen) atoms. The highest BCUT2D eigenvalue weighted by Gasteiger charge is 2.25. The van der Waals surface area contributed by atoms with Crippen LogP contribution in [0.25, 0.3) is 11.3 Å². The number of nitrogens with one attached hydrogen (secondary N) is 1. The van der Waals surface area contributed by atoms with Crippen molar-refractivity contribution >= 4 is 28.3 Å².